The van der Waals surface area contributed by atoms with Crippen LogP contribution in [0, 0.1) is 3.70 Å². The number of piperazine rings is 1. The summed E-state index contributed by atoms with van der Waals surface area (Å²) in [6.45, 7) is 13.5. The van der Waals surface area contributed by atoms with Crippen LogP contribution in [0.2, 0.25) is 0 Å². The first-order valence-corrected chi connectivity index (χ1v) is 17.9. The van der Waals surface area contributed by atoms with E-state index in [0.29, 0.717) is 35.1 Å². The standard InChI is InChI=1S/C31H44IN8O3/c1-4-13-32-28-31(43-25-12-16-40(21-25)26(41)5-2)36-30(27(35-28)29(33)42)34-22-6-8-23(9-7-22)38-14-10-24(11-15-38)39-19-17-37(3)18-20-39/h5-9,24-25H,2,4,10-21H2,1,3H3,(H2,33,42)(H,34,36)/q-1/t25-/m1/s1. The number of primary amides is 1. The molecule has 4 heterocycles. The number of nitrogens with two attached hydrogens (primary N) is 1. The number of benzene rings is 1. The molecule has 0 aliphatic carbocycles. The molecule has 11 nitrogen and oxygen atoms in total. The molecule has 3 fully saturated rings. The van der Waals surface area contributed by atoms with Crippen molar-refractivity contribution < 1.29 is 35.5 Å². The minimum atomic E-state index is -0.633. The Bertz CT molecular complexity index is 1280. The Morgan fingerprint density at radius 3 is 2.44 bits per heavy atom. The molecule has 0 spiro atoms. The molecule has 12 heteroatoms. The number of ether oxygens (including phenoxy) is 1. The molecule has 3 aliphatic rings. The van der Waals surface area contributed by atoms with Crippen molar-refractivity contribution in [3.05, 3.63) is 46.3 Å². The molecular weight excluding hydrogens is 659 g/mol. The number of alkyl halides is 1. The molecule has 2 aromatic rings. The van der Waals surface area contributed by atoms with Crippen molar-refractivity contribution in [3.63, 3.8) is 0 Å². The number of carbonyl (C=O) groups is 2. The van der Waals surface area contributed by atoms with Crippen molar-refractivity contribution in [3.8, 4) is 5.88 Å². The zero-order valence-corrected chi connectivity index (χ0v) is 27.5. The van der Waals surface area contributed by atoms with Crippen LogP contribution >= 0.6 is 0 Å². The Kier molecular flexibility index (Phi) is 10.7. The number of hydrogen-bond donors (Lipinski definition) is 2. The Hall–Kier alpha value is -2.97. The molecule has 2 amide bonds. The zero-order valence-electron chi connectivity index (χ0n) is 25.3. The van der Waals surface area contributed by atoms with Gasteiger partial charge in [0.15, 0.2) is 0 Å². The fourth-order valence-corrected chi connectivity index (χ4v) is 7.92. The van der Waals surface area contributed by atoms with Crippen LogP contribution in [-0.2, 0) is 4.79 Å². The van der Waals surface area contributed by atoms with Crippen molar-refractivity contribution in [1.29, 1.82) is 0 Å². The summed E-state index contributed by atoms with van der Waals surface area (Å²) in [5.41, 5.74) is 7.86. The Balaban J connectivity index is 1.27. The van der Waals surface area contributed by atoms with Gasteiger partial charge in [-0.15, -0.1) is 0 Å². The van der Waals surface area contributed by atoms with Crippen LogP contribution in [0.5, 0.6) is 5.88 Å². The predicted octanol–water partition coefficient (Wildman–Crippen LogP) is -0.630. The van der Waals surface area contributed by atoms with Crippen LogP contribution in [0.3, 0.4) is 0 Å². The third-order valence-electron chi connectivity index (χ3n) is 8.39. The van der Waals surface area contributed by atoms with E-state index in [9.17, 15) is 9.59 Å². The van der Waals surface area contributed by atoms with Crippen LogP contribution in [-0.4, -0.2) is 112 Å². The van der Waals surface area contributed by atoms with Gasteiger partial charge in [0.1, 0.15) is 0 Å². The first-order chi connectivity index (χ1) is 20.8. The van der Waals surface area contributed by atoms with E-state index in [4.69, 9.17) is 15.5 Å². The van der Waals surface area contributed by atoms with Gasteiger partial charge in [0, 0.05) is 32.2 Å². The summed E-state index contributed by atoms with van der Waals surface area (Å²) in [5, 5.41) is 3.27. The zero-order chi connectivity index (χ0) is 30.3. The maximum absolute atomic E-state index is 12.4. The van der Waals surface area contributed by atoms with E-state index in [-0.39, 0.29) is 23.5 Å². The van der Waals surface area contributed by atoms with Crippen molar-refractivity contribution >= 4 is 29.0 Å². The SMILES string of the molecule is C=CC(=O)N1CC[C@@H](Oc2nc(Nc3ccc(N4CCC(N5CCN(C)CC5)CC4)cc3)c(C(N)=O)nc2[I-]CCC)C1. The number of nitrogens with one attached hydrogen (secondary N) is 1. The molecule has 1 aromatic carbocycles. The number of halogens is 1. The van der Waals surface area contributed by atoms with Gasteiger partial charge in [-0.1, -0.05) is 0 Å². The molecule has 5 rings (SSSR count). The molecule has 3 saturated heterocycles. The number of likely N-dealkylation sites (N-methyl/N-ethyl adjacent to an activating group) is 1. The second-order valence-electron chi connectivity index (χ2n) is 11.4. The van der Waals surface area contributed by atoms with E-state index in [1.165, 1.54) is 37.7 Å². The van der Waals surface area contributed by atoms with E-state index in [1.54, 1.807) is 4.90 Å². The van der Waals surface area contributed by atoms with Crippen LogP contribution < -0.4 is 41.9 Å². The van der Waals surface area contributed by atoms with Crippen LogP contribution in [0.1, 0.15) is 43.1 Å². The first-order valence-electron chi connectivity index (χ1n) is 15.3. The summed E-state index contributed by atoms with van der Waals surface area (Å²) >= 11 is -0.524. The van der Waals surface area contributed by atoms with Crippen molar-refractivity contribution in [1.82, 2.24) is 24.7 Å². The molecule has 0 unspecified atom stereocenters. The van der Waals surface area contributed by atoms with Crippen molar-refractivity contribution in [2.45, 2.75) is 44.8 Å². The second kappa shape index (κ2) is 14.7. The van der Waals surface area contributed by atoms with Gasteiger partial charge in [-0.3, -0.25) is 4.90 Å². The van der Waals surface area contributed by atoms with Crippen LogP contribution in [0.15, 0.2) is 36.9 Å². The molecule has 3 aliphatic heterocycles. The molecule has 0 bridgehead atoms. The normalized spacial score (nSPS) is 20.4. The number of likely N-dealkylation sites (tertiary alicyclic amines) is 1. The molecule has 43 heavy (non-hydrogen) atoms. The van der Waals surface area contributed by atoms with E-state index in [2.05, 4.69) is 57.7 Å². The van der Waals surface area contributed by atoms with Gasteiger partial charge in [-0.2, -0.15) is 0 Å². The topological polar surface area (TPSA) is 120 Å². The number of aromatic nitrogens is 2. The molecular formula is C31H44IN8O3-. The summed E-state index contributed by atoms with van der Waals surface area (Å²) in [5.74, 6) is -0.0344. The van der Waals surface area contributed by atoms with Crippen LogP contribution in [0.4, 0.5) is 17.2 Å². The first kappa shape index (κ1) is 31.5. The molecule has 0 saturated carbocycles. The Morgan fingerprint density at radius 2 is 1.79 bits per heavy atom. The summed E-state index contributed by atoms with van der Waals surface area (Å²) in [7, 11) is 2.20. The molecule has 3 N–H and O–H groups in total. The van der Waals surface area contributed by atoms with Gasteiger partial charge in [0.2, 0.25) is 0 Å². The summed E-state index contributed by atoms with van der Waals surface area (Å²) in [6, 6.07) is 8.90. The van der Waals surface area contributed by atoms with E-state index in [0.717, 1.165) is 42.7 Å². The third kappa shape index (κ3) is 7.95. The van der Waals surface area contributed by atoms with Gasteiger partial charge in [0.25, 0.3) is 0 Å². The van der Waals surface area contributed by atoms with Crippen LogP contribution in [0.25, 0.3) is 0 Å². The maximum atomic E-state index is 12.4. The summed E-state index contributed by atoms with van der Waals surface area (Å²) in [4.78, 5) is 43.2. The molecule has 1 atom stereocenters. The van der Waals surface area contributed by atoms with Gasteiger partial charge in [-0.05, 0) is 7.05 Å². The number of nitrogens with zero attached hydrogens (tertiary/aromatic N) is 6. The van der Waals surface area contributed by atoms with Gasteiger partial charge < -0.3 is 4.90 Å². The Labute approximate surface area is 265 Å². The molecule has 0 radical (unpaired) electrons. The number of carbonyl (C=O) groups excluding carboxylic acids is 2. The predicted molar refractivity (Wildman–Crippen MR) is 164 cm³/mol. The van der Waals surface area contributed by atoms with Gasteiger partial charge in [-0.25, -0.2) is 0 Å². The van der Waals surface area contributed by atoms with Gasteiger partial charge in [0.05, 0.1) is 0 Å². The van der Waals surface area contributed by atoms with E-state index in [1.807, 2.05) is 12.1 Å². The number of amides is 2. The summed E-state index contributed by atoms with van der Waals surface area (Å²) < 4.78 is 8.01. The quantitative estimate of drug-likeness (QED) is 0.179. The minimum absolute atomic E-state index is 0.106. The van der Waals surface area contributed by atoms with Crippen molar-refractivity contribution in [2.24, 2.45) is 5.73 Å². The summed E-state index contributed by atoms with van der Waals surface area (Å²) in [6.07, 6.45) is 5.18. The molecule has 1 aromatic heterocycles. The van der Waals surface area contributed by atoms with Crippen molar-refractivity contribution in [2.75, 3.05) is 74.0 Å². The van der Waals surface area contributed by atoms with Gasteiger partial charge >= 0.3 is 217 Å². The van der Waals surface area contributed by atoms with E-state index >= 15 is 0 Å². The number of piperidine rings is 1. The monoisotopic (exact) mass is 703 g/mol. The third-order valence-corrected chi connectivity index (χ3v) is 11.4. The average Bonchev–Trinajstić information content (AvgIpc) is 3.49. The fourth-order valence-electron chi connectivity index (χ4n) is 5.88. The molecule has 234 valence electrons. The van der Waals surface area contributed by atoms with E-state index < -0.39 is 27.1 Å². The number of rotatable bonds is 11. The fraction of sp³-hybridized carbons (Fsp3) is 0.548. The Morgan fingerprint density at radius 1 is 1.07 bits per heavy atom. The second-order valence-corrected chi connectivity index (χ2v) is 14.3. The number of anilines is 3. The number of hydrogen-bond acceptors (Lipinski definition) is 9. The average molecular weight is 704 g/mol.